The first-order chi connectivity index (χ1) is 12.5. The third kappa shape index (κ3) is 5.66. The fourth-order valence-corrected chi connectivity index (χ4v) is 2.51. The second-order valence-electron chi connectivity index (χ2n) is 6.42. The van der Waals surface area contributed by atoms with Gasteiger partial charge in [0.1, 0.15) is 0 Å². The molecule has 0 aromatic heterocycles. The minimum absolute atomic E-state index is 0.0649. The lowest BCUT2D eigenvalue weighted by molar-refractivity contribution is 0.0954. The number of allylic oxidation sites excluding steroid dienone is 1. The predicted octanol–water partition coefficient (Wildman–Crippen LogP) is 4.35. The van der Waals surface area contributed by atoms with E-state index in [-0.39, 0.29) is 5.91 Å². The molecule has 1 N–H and O–H groups in total. The van der Waals surface area contributed by atoms with Crippen LogP contribution in [0.5, 0.6) is 11.5 Å². The topological polar surface area (TPSA) is 47.6 Å². The second-order valence-corrected chi connectivity index (χ2v) is 6.42. The van der Waals surface area contributed by atoms with Crippen LogP contribution in [0, 0.1) is 5.92 Å². The van der Waals surface area contributed by atoms with Crippen LogP contribution in [0.4, 0.5) is 0 Å². The van der Waals surface area contributed by atoms with Crippen LogP contribution in [-0.4, -0.2) is 26.7 Å². The average molecular weight is 353 g/mol. The Morgan fingerprint density at radius 3 is 2.35 bits per heavy atom. The lowest BCUT2D eigenvalue weighted by Crippen LogP contribution is -2.25. The molecule has 0 spiro atoms. The molecule has 0 heterocycles. The number of carbonyl (C=O) groups is 1. The summed E-state index contributed by atoms with van der Waals surface area (Å²) in [4.78, 5) is 12.3. The third-order valence-corrected chi connectivity index (χ3v) is 3.99. The first kappa shape index (κ1) is 19.6. The van der Waals surface area contributed by atoms with E-state index in [9.17, 15) is 4.79 Å². The molecule has 0 aliphatic heterocycles. The number of carbonyl (C=O) groups excluding carboxylic acids is 1. The van der Waals surface area contributed by atoms with Gasteiger partial charge in [-0.05, 0) is 47.7 Å². The van der Waals surface area contributed by atoms with Crippen molar-refractivity contribution in [3.63, 3.8) is 0 Å². The highest BCUT2D eigenvalue weighted by molar-refractivity contribution is 5.94. The van der Waals surface area contributed by atoms with Crippen molar-refractivity contribution in [2.45, 2.75) is 20.3 Å². The van der Waals surface area contributed by atoms with E-state index in [0.717, 1.165) is 17.5 Å². The Balaban J connectivity index is 1.88. The van der Waals surface area contributed by atoms with Crippen LogP contribution >= 0.6 is 0 Å². The van der Waals surface area contributed by atoms with Gasteiger partial charge < -0.3 is 14.8 Å². The van der Waals surface area contributed by atoms with Crippen LogP contribution in [0.15, 0.2) is 48.5 Å². The number of nitrogens with one attached hydrogen (secondary N) is 1. The van der Waals surface area contributed by atoms with Crippen molar-refractivity contribution in [2.24, 2.45) is 5.92 Å². The minimum atomic E-state index is -0.0649. The van der Waals surface area contributed by atoms with Crippen LogP contribution in [0.3, 0.4) is 0 Å². The zero-order valence-corrected chi connectivity index (χ0v) is 15.9. The molecule has 0 radical (unpaired) electrons. The summed E-state index contributed by atoms with van der Waals surface area (Å²) in [5.74, 6) is 1.84. The molecule has 26 heavy (non-hydrogen) atoms. The van der Waals surface area contributed by atoms with Crippen molar-refractivity contribution in [1.82, 2.24) is 5.32 Å². The largest absolute Gasteiger partial charge is 0.493 e. The Hall–Kier alpha value is -2.75. The quantitative estimate of drug-likeness (QED) is 0.768. The van der Waals surface area contributed by atoms with E-state index in [4.69, 9.17) is 9.47 Å². The summed E-state index contributed by atoms with van der Waals surface area (Å²) in [5, 5.41) is 2.95. The molecule has 1 amide bonds. The van der Waals surface area contributed by atoms with Crippen molar-refractivity contribution in [1.29, 1.82) is 0 Å². The summed E-state index contributed by atoms with van der Waals surface area (Å²) in [5.41, 5.74) is 2.84. The molecular weight excluding hydrogens is 326 g/mol. The van der Waals surface area contributed by atoms with Crippen LogP contribution in [-0.2, 0) is 6.42 Å². The van der Waals surface area contributed by atoms with E-state index >= 15 is 0 Å². The van der Waals surface area contributed by atoms with Gasteiger partial charge in [-0.15, -0.1) is 0 Å². The summed E-state index contributed by atoms with van der Waals surface area (Å²) in [6.07, 6.45) is 4.93. The van der Waals surface area contributed by atoms with E-state index < -0.39 is 0 Å². The molecule has 0 fully saturated rings. The molecule has 0 aliphatic carbocycles. The van der Waals surface area contributed by atoms with E-state index in [1.165, 1.54) is 0 Å². The molecule has 0 aliphatic rings. The average Bonchev–Trinajstić information content (AvgIpc) is 2.66. The van der Waals surface area contributed by atoms with Gasteiger partial charge in [0.15, 0.2) is 11.5 Å². The number of benzene rings is 2. The van der Waals surface area contributed by atoms with Gasteiger partial charge in [0, 0.05) is 12.1 Å². The van der Waals surface area contributed by atoms with Crippen molar-refractivity contribution in [3.05, 3.63) is 65.2 Å². The molecule has 0 atom stereocenters. The summed E-state index contributed by atoms with van der Waals surface area (Å²) in [6.45, 7) is 4.83. The number of hydrogen-bond acceptors (Lipinski definition) is 3. The van der Waals surface area contributed by atoms with Gasteiger partial charge in [-0.2, -0.15) is 0 Å². The standard InChI is InChI=1S/C22H27NO3/c1-16(2)5-6-17-7-10-19(11-8-17)22(24)23-14-13-18-9-12-20(25-3)21(15-18)26-4/h5-12,15-16H,13-14H2,1-4H3,(H,23,24)/b6-5+. The first-order valence-electron chi connectivity index (χ1n) is 8.81. The molecule has 0 bridgehead atoms. The normalized spacial score (nSPS) is 11.0. The van der Waals surface area contributed by atoms with Gasteiger partial charge in [-0.3, -0.25) is 4.79 Å². The van der Waals surface area contributed by atoms with Crippen LogP contribution in [0.2, 0.25) is 0 Å². The molecule has 0 unspecified atom stereocenters. The lowest BCUT2D eigenvalue weighted by atomic mass is 10.1. The molecule has 138 valence electrons. The highest BCUT2D eigenvalue weighted by atomic mass is 16.5. The molecule has 0 saturated heterocycles. The molecule has 0 saturated carbocycles. The predicted molar refractivity (Wildman–Crippen MR) is 106 cm³/mol. The summed E-state index contributed by atoms with van der Waals surface area (Å²) >= 11 is 0. The van der Waals surface area contributed by atoms with Gasteiger partial charge >= 0.3 is 0 Å². The highest BCUT2D eigenvalue weighted by Gasteiger charge is 2.07. The number of methoxy groups -OCH3 is 2. The highest BCUT2D eigenvalue weighted by Crippen LogP contribution is 2.27. The summed E-state index contributed by atoms with van der Waals surface area (Å²) in [7, 11) is 3.23. The lowest BCUT2D eigenvalue weighted by Gasteiger charge is -2.10. The Bertz CT molecular complexity index is 748. The van der Waals surface area contributed by atoms with E-state index in [1.54, 1.807) is 14.2 Å². The maximum absolute atomic E-state index is 12.3. The maximum atomic E-state index is 12.3. The molecule has 4 heteroatoms. The SMILES string of the molecule is COc1ccc(CCNC(=O)c2ccc(/C=C/C(C)C)cc2)cc1OC. The summed E-state index contributed by atoms with van der Waals surface area (Å²) < 4.78 is 10.5. The minimum Gasteiger partial charge on any atom is -0.493 e. The van der Waals surface area contributed by atoms with Crippen molar-refractivity contribution in [3.8, 4) is 11.5 Å². The third-order valence-electron chi connectivity index (χ3n) is 3.99. The first-order valence-corrected chi connectivity index (χ1v) is 8.81. The molecule has 2 rings (SSSR count). The van der Waals surface area contributed by atoms with Gasteiger partial charge in [-0.1, -0.05) is 44.2 Å². The van der Waals surface area contributed by atoms with E-state index in [2.05, 4.69) is 31.3 Å². The second kappa shape index (κ2) is 9.66. The van der Waals surface area contributed by atoms with Gasteiger partial charge in [0.05, 0.1) is 14.2 Å². The molecular formula is C22H27NO3. The Kier molecular flexibility index (Phi) is 7.27. The van der Waals surface area contributed by atoms with E-state index in [0.29, 0.717) is 29.5 Å². The fourth-order valence-electron chi connectivity index (χ4n) is 2.51. The zero-order valence-electron chi connectivity index (χ0n) is 15.9. The fraction of sp³-hybridized carbons (Fsp3) is 0.318. The number of rotatable bonds is 8. The summed E-state index contributed by atoms with van der Waals surface area (Å²) in [6, 6.07) is 13.4. The molecule has 2 aromatic rings. The van der Waals surface area contributed by atoms with E-state index in [1.807, 2.05) is 42.5 Å². The van der Waals surface area contributed by atoms with Gasteiger partial charge in [-0.25, -0.2) is 0 Å². The van der Waals surface area contributed by atoms with Crippen LogP contribution in [0.1, 0.15) is 35.3 Å². The van der Waals surface area contributed by atoms with Crippen LogP contribution in [0.25, 0.3) is 6.08 Å². The Labute approximate surface area is 155 Å². The monoisotopic (exact) mass is 353 g/mol. The Morgan fingerprint density at radius 2 is 1.73 bits per heavy atom. The zero-order chi connectivity index (χ0) is 18.9. The van der Waals surface area contributed by atoms with Crippen molar-refractivity contribution >= 4 is 12.0 Å². The smallest absolute Gasteiger partial charge is 0.251 e. The Morgan fingerprint density at radius 1 is 1.04 bits per heavy atom. The number of ether oxygens (including phenoxy) is 2. The van der Waals surface area contributed by atoms with Gasteiger partial charge in [0.2, 0.25) is 0 Å². The van der Waals surface area contributed by atoms with Crippen molar-refractivity contribution < 1.29 is 14.3 Å². The van der Waals surface area contributed by atoms with Crippen molar-refractivity contribution in [2.75, 3.05) is 20.8 Å². The van der Waals surface area contributed by atoms with Gasteiger partial charge in [0.25, 0.3) is 5.91 Å². The maximum Gasteiger partial charge on any atom is 0.251 e. The molecule has 2 aromatic carbocycles. The van der Waals surface area contributed by atoms with Crippen LogP contribution < -0.4 is 14.8 Å². The number of amides is 1. The number of hydrogen-bond donors (Lipinski definition) is 1. The molecule has 4 nitrogen and oxygen atoms in total.